The number of aryl methyl sites for hydroxylation is 1. The van der Waals surface area contributed by atoms with Gasteiger partial charge in [-0.05, 0) is 29.8 Å². The van der Waals surface area contributed by atoms with Gasteiger partial charge in [0.05, 0.1) is 13.0 Å². The summed E-state index contributed by atoms with van der Waals surface area (Å²) in [5.41, 5.74) is -0.184. The molecule has 0 N–H and O–H groups in total. The summed E-state index contributed by atoms with van der Waals surface area (Å²) in [4.78, 5) is 26.9. The van der Waals surface area contributed by atoms with Crippen molar-refractivity contribution in [1.82, 2.24) is 9.55 Å². The third-order valence-corrected chi connectivity index (χ3v) is 2.59. The summed E-state index contributed by atoms with van der Waals surface area (Å²) in [5, 5.41) is 0. The highest BCUT2D eigenvalue weighted by atomic mass is 79.9. The lowest BCUT2D eigenvalue weighted by molar-refractivity contribution is -0.143. The Morgan fingerprint density at radius 3 is 2.94 bits per heavy atom. The molecule has 0 bridgehead atoms. The van der Waals surface area contributed by atoms with Gasteiger partial charge < -0.3 is 4.74 Å². The second-order valence-electron chi connectivity index (χ2n) is 3.17. The Balaban J connectivity index is 2.78. The van der Waals surface area contributed by atoms with Gasteiger partial charge in [0, 0.05) is 12.7 Å². The smallest absolute Gasteiger partial charge is 0.307 e. The van der Waals surface area contributed by atoms with Crippen molar-refractivity contribution >= 4 is 21.9 Å². The lowest BCUT2D eigenvalue weighted by Gasteiger charge is -2.08. The van der Waals surface area contributed by atoms with E-state index < -0.39 is 0 Å². The molecule has 0 aromatic carbocycles. The van der Waals surface area contributed by atoms with Crippen LogP contribution in [0, 0.1) is 6.92 Å². The zero-order chi connectivity index (χ0) is 12.1. The van der Waals surface area contributed by atoms with Crippen LogP contribution in [0.1, 0.15) is 19.2 Å². The molecular weight excluding hydrogens is 276 g/mol. The van der Waals surface area contributed by atoms with E-state index in [0.717, 1.165) is 0 Å². The lowest BCUT2D eigenvalue weighted by atomic mass is 10.4. The highest BCUT2D eigenvalue weighted by Crippen LogP contribution is 2.02. The number of halogens is 1. The average molecular weight is 289 g/mol. The van der Waals surface area contributed by atoms with Gasteiger partial charge in [0.15, 0.2) is 0 Å². The SMILES string of the molecule is CCOC(=O)CCn1c(C)ncc(Br)c1=O. The van der Waals surface area contributed by atoms with Crippen LogP contribution in [-0.4, -0.2) is 22.1 Å². The van der Waals surface area contributed by atoms with Crippen molar-refractivity contribution in [3.63, 3.8) is 0 Å². The Kier molecular flexibility index (Phi) is 4.67. The molecule has 0 fully saturated rings. The molecule has 88 valence electrons. The molecule has 5 nitrogen and oxygen atoms in total. The fraction of sp³-hybridized carbons (Fsp3) is 0.500. The van der Waals surface area contributed by atoms with E-state index in [1.54, 1.807) is 13.8 Å². The summed E-state index contributed by atoms with van der Waals surface area (Å²) >= 11 is 3.11. The molecule has 1 heterocycles. The van der Waals surface area contributed by atoms with Crippen LogP contribution in [0.25, 0.3) is 0 Å². The van der Waals surface area contributed by atoms with Gasteiger partial charge in [0.1, 0.15) is 10.3 Å². The molecule has 1 aromatic heterocycles. The predicted molar refractivity (Wildman–Crippen MR) is 62.2 cm³/mol. The molecule has 0 radical (unpaired) electrons. The van der Waals surface area contributed by atoms with E-state index in [0.29, 0.717) is 16.9 Å². The van der Waals surface area contributed by atoms with E-state index in [1.807, 2.05) is 0 Å². The monoisotopic (exact) mass is 288 g/mol. The molecule has 0 aliphatic rings. The van der Waals surface area contributed by atoms with Crippen LogP contribution in [0.15, 0.2) is 15.5 Å². The van der Waals surface area contributed by atoms with Gasteiger partial charge in [-0.25, -0.2) is 4.98 Å². The predicted octanol–water partition coefficient (Wildman–Crippen LogP) is 1.27. The first-order chi connectivity index (χ1) is 7.56. The minimum atomic E-state index is -0.311. The van der Waals surface area contributed by atoms with Crippen molar-refractivity contribution in [3.05, 3.63) is 26.8 Å². The molecule has 0 amide bonds. The molecule has 0 atom stereocenters. The molecular formula is C10H13BrN2O3. The summed E-state index contributed by atoms with van der Waals surface area (Å²) in [7, 11) is 0. The lowest BCUT2D eigenvalue weighted by Crippen LogP contribution is -2.25. The van der Waals surface area contributed by atoms with E-state index in [-0.39, 0.29) is 24.5 Å². The molecule has 0 saturated heterocycles. The summed E-state index contributed by atoms with van der Waals surface area (Å²) in [6, 6.07) is 0. The minimum absolute atomic E-state index is 0.173. The second-order valence-corrected chi connectivity index (χ2v) is 4.02. The Bertz CT molecular complexity index is 442. The van der Waals surface area contributed by atoms with E-state index >= 15 is 0 Å². The Morgan fingerprint density at radius 2 is 2.31 bits per heavy atom. The van der Waals surface area contributed by atoms with E-state index in [1.165, 1.54) is 10.8 Å². The van der Waals surface area contributed by atoms with E-state index in [2.05, 4.69) is 20.9 Å². The Labute approximate surface area is 102 Å². The van der Waals surface area contributed by atoms with Crippen LogP contribution in [0.5, 0.6) is 0 Å². The number of ether oxygens (including phenoxy) is 1. The van der Waals surface area contributed by atoms with E-state index in [4.69, 9.17) is 4.74 Å². The van der Waals surface area contributed by atoms with Crippen LogP contribution in [0.2, 0.25) is 0 Å². The maximum absolute atomic E-state index is 11.7. The summed E-state index contributed by atoms with van der Waals surface area (Å²) in [5.74, 6) is 0.270. The molecule has 1 aromatic rings. The van der Waals surface area contributed by atoms with E-state index in [9.17, 15) is 9.59 Å². The molecule has 6 heteroatoms. The summed E-state index contributed by atoms with van der Waals surface area (Å²) < 4.78 is 6.62. The molecule has 0 saturated carbocycles. The third kappa shape index (κ3) is 3.16. The van der Waals surface area contributed by atoms with Crippen molar-refractivity contribution in [2.24, 2.45) is 0 Å². The topological polar surface area (TPSA) is 61.2 Å². The molecule has 0 aliphatic carbocycles. The largest absolute Gasteiger partial charge is 0.466 e. The van der Waals surface area contributed by atoms with Crippen molar-refractivity contribution in [2.45, 2.75) is 26.8 Å². The quantitative estimate of drug-likeness (QED) is 0.783. The number of rotatable bonds is 4. The van der Waals surface area contributed by atoms with Gasteiger partial charge in [0.2, 0.25) is 0 Å². The maximum Gasteiger partial charge on any atom is 0.307 e. The maximum atomic E-state index is 11.7. The van der Waals surface area contributed by atoms with Crippen LogP contribution in [-0.2, 0) is 16.1 Å². The fourth-order valence-electron chi connectivity index (χ4n) is 1.25. The van der Waals surface area contributed by atoms with Crippen LogP contribution < -0.4 is 5.56 Å². The van der Waals surface area contributed by atoms with Gasteiger partial charge in [-0.2, -0.15) is 0 Å². The van der Waals surface area contributed by atoms with Gasteiger partial charge in [-0.3, -0.25) is 14.2 Å². The molecule has 0 unspecified atom stereocenters. The number of esters is 1. The normalized spacial score (nSPS) is 10.2. The number of hydrogen-bond acceptors (Lipinski definition) is 4. The highest BCUT2D eigenvalue weighted by Gasteiger charge is 2.08. The molecule has 16 heavy (non-hydrogen) atoms. The van der Waals surface area contributed by atoms with Crippen LogP contribution >= 0.6 is 15.9 Å². The number of nitrogens with zero attached hydrogens (tertiary/aromatic N) is 2. The van der Waals surface area contributed by atoms with Crippen molar-refractivity contribution in [3.8, 4) is 0 Å². The molecule has 1 rings (SSSR count). The Hall–Kier alpha value is -1.17. The number of carbonyl (C=O) groups excluding carboxylic acids is 1. The van der Waals surface area contributed by atoms with Gasteiger partial charge in [0.25, 0.3) is 5.56 Å². The summed E-state index contributed by atoms with van der Waals surface area (Å²) in [6.07, 6.45) is 1.63. The second kappa shape index (κ2) is 5.79. The number of aromatic nitrogens is 2. The molecule has 0 spiro atoms. The summed E-state index contributed by atoms with van der Waals surface area (Å²) in [6.45, 7) is 4.11. The zero-order valence-electron chi connectivity index (χ0n) is 9.20. The number of carbonyl (C=O) groups is 1. The zero-order valence-corrected chi connectivity index (χ0v) is 10.8. The Morgan fingerprint density at radius 1 is 1.62 bits per heavy atom. The number of hydrogen-bond donors (Lipinski definition) is 0. The first-order valence-electron chi connectivity index (χ1n) is 4.93. The highest BCUT2D eigenvalue weighted by molar-refractivity contribution is 9.10. The van der Waals surface area contributed by atoms with Crippen molar-refractivity contribution in [2.75, 3.05) is 6.61 Å². The molecule has 0 aliphatic heterocycles. The third-order valence-electron chi connectivity index (χ3n) is 2.05. The van der Waals surface area contributed by atoms with Crippen LogP contribution in [0.4, 0.5) is 0 Å². The standard InChI is InChI=1S/C10H13BrN2O3/c1-3-16-9(14)4-5-13-7(2)12-6-8(11)10(13)15/h6H,3-5H2,1-2H3. The fourth-order valence-corrected chi connectivity index (χ4v) is 1.57. The van der Waals surface area contributed by atoms with Gasteiger partial charge in [-0.15, -0.1) is 0 Å². The first-order valence-corrected chi connectivity index (χ1v) is 5.73. The van der Waals surface area contributed by atoms with Gasteiger partial charge >= 0.3 is 5.97 Å². The van der Waals surface area contributed by atoms with Crippen molar-refractivity contribution in [1.29, 1.82) is 0 Å². The first kappa shape index (κ1) is 12.9. The van der Waals surface area contributed by atoms with Crippen LogP contribution in [0.3, 0.4) is 0 Å². The minimum Gasteiger partial charge on any atom is -0.466 e. The van der Waals surface area contributed by atoms with Gasteiger partial charge in [-0.1, -0.05) is 0 Å². The average Bonchev–Trinajstić information content (AvgIpc) is 2.24. The van der Waals surface area contributed by atoms with Crippen molar-refractivity contribution < 1.29 is 9.53 Å².